The zero-order chi connectivity index (χ0) is 25.8. The second-order valence-corrected chi connectivity index (χ2v) is 10.2. The number of nitrogens with one attached hydrogen (secondary N) is 1. The molecule has 10 nitrogen and oxygen atoms in total. The minimum Gasteiger partial charge on any atom is -0.458 e. The lowest BCUT2D eigenvalue weighted by atomic mass is 9.86. The van der Waals surface area contributed by atoms with Crippen molar-refractivity contribution in [3.05, 3.63) is 62.9 Å². The summed E-state index contributed by atoms with van der Waals surface area (Å²) in [5.74, 6) is -0.978. The third-order valence-corrected chi connectivity index (χ3v) is 6.64. The zero-order valence-corrected chi connectivity index (χ0v) is 20.7. The number of para-hydroxylation sites is 1. The standard InChI is InChI=1S/C26H27N5O5/c1-5-26(35)19-10-21-23-17(12-30(21)24(33)18(19)14-36-25(26)34)16(15-8-6-7-9-20(15)28-23)11-27-29-22(32)13-31(2,3)4/h6-11,35H,5,12-14H2,1-4H3/p+1/t26-/m0/s1. The van der Waals surface area contributed by atoms with Gasteiger partial charge in [0.1, 0.15) is 6.61 Å². The number of carbonyl (C=O) groups is 2. The molecular weight excluding hydrogens is 462 g/mol. The highest BCUT2D eigenvalue weighted by Gasteiger charge is 2.45. The first-order valence-electron chi connectivity index (χ1n) is 11.7. The van der Waals surface area contributed by atoms with Crippen LogP contribution in [-0.2, 0) is 33.1 Å². The van der Waals surface area contributed by atoms with Gasteiger partial charge in [-0.2, -0.15) is 5.10 Å². The number of aliphatic hydroxyl groups is 1. The number of esters is 1. The Morgan fingerprint density at radius 1 is 1.28 bits per heavy atom. The molecule has 10 heteroatoms. The molecular formula is C26H28N5O5+. The number of cyclic esters (lactones) is 1. The summed E-state index contributed by atoms with van der Waals surface area (Å²) < 4.78 is 7.19. The van der Waals surface area contributed by atoms with E-state index in [4.69, 9.17) is 9.72 Å². The van der Waals surface area contributed by atoms with E-state index in [-0.39, 0.29) is 48.7 Å². The van der Waals surface area contributed by atoms with Crippen LogP contribution in [0.15, 0.2) is 40.2 Å². The number of hydrogen-bond acceptors (Lipinski definition) is 7. The van der Waals surface area contributed by atoms with Crippen LogP contribution in [0.3, 0.4) is 0 Å². The van der Waals surface area contributed by atoms with Crippen molar-refractivity contribution in [3.63, 3.8) is 0 Å². The van der Waals surface area contributed by atoms with Gasteiger partial charge in [0, 0.05) is 22.1 Å². The fourth-order valence-corrected chi connectivity index (χ4v) is 4.84. The lowest BCUT2D eigenvalue weighted by Crippen LogP contribution is -2.44. The summed E-state index contributed by atoms with van der Waals surface area (Å²) in [6.45, 7) is 1.98. The van der Waals surface area contributed by atoms with E-state index in [1.54, 1.807) is 23.8 Å². The molecule has 1 aromatic carbocycles. The maximum absolute atomic E-state index is 13.5. The average molecular weight is 491 g/mol. The number of hydrogen-bond donors (Lipinski definition) is 2. The number of hydrazone groups is 1. The molecule has 0 spiro atoms. The first-order chi connectivity index (χ1) is 17.0. The van der Waals surface area contributed by atoms with Crippen LogP contribution >= 0.6 is 0 Å². The summed E-state index contributed by atoms with van der Waals surface area (Å²) in [5, 5.41) is 16.1. The molecule has 5 rings (SSSR count). The van der Waals surface area contributed by atoms with Gasteiger partial charge >= 0.3 is 5.97 Å². The fraction of sp³-hybridized carbons (Fsp3) is 0.346. The summed E-state index contributed by atoms with van der Waals surface area (Å²) in [7, 11) is 5.75. The smallest absolute Gasteiger partial charge is 0.343 e. The number of rotatable bonds is 5. The largest absolute Gasteiger partial charge is 0.458 e. The fourth-order valence-electron chi connectivity index (χ4n) is 4.84. The number of amides is 1. The van der Waals surface area contributed by atoms with Gasteiger partial charge in [-0.15, -0.1) is 0 Å². The predicted molar refractivity (Wildman–Crippen MR) is 133 cm³/mol. The molecule has 0 unspecified atom stereocenters. The molecule has 2 N–H and O–H groups in total. The molecule has 1 atom stereocenters. The van der Waals surface area contributed by atoms with Crippen molar-refractivity contribution >= 4 is 29.0 Å². The van der Waals surface area contributed by atoms with Crippen LogP contribution in [0.5, 0.6) is 0 Å². The Hall–Kier alpha value is -3.89. The van der Waals surface area contributed by atoms with Crippen molar-refractivity contribution in [1.29, 1.82) is 0 Å². The van der Waals surface area contributed by atoms with E-state index in [2.05, 4.69) is 10.5 Å². The molecule has 0 bridgehead atoms. The van der Waals surface area contributed by atoms with Gasteiger partial charge in [0.2, 0.25) is 0 Å². The molecule has 2 aliphatic heterocycles. The van der Waals surface area contributed by atoms with Gasteiger partial charge in [0.25, 0.3) is 11.5 Å². The summed E-state index contributed by atoms with van der Waals surface area (Å²) in [4.78, 5) is 43.0. The molecule has 0 radical (unpaired) electrons. The first-order valence-corrected chi connectivity index (χ1v) is 11.7. The maximum atomic E-state index is 13.5. The van der Waals surface area contributed by atoms with Crippen molar-refractivity contribution < 1.29 is 23.9 Å². The van der Waals surface area contributed by atoms with Crippen LogP contribution in [-0.4, -0.2) is 64.9 Å². The second-order valence-electron chi connectivity index (χ2n) is 10.2. The van der Waals surface area contributed by atoms with Crippen LogP contribution < -0.4 is 11.0 Å². The van der Waals surface area contributed by atoms with Gasteiger partial charge in [-0.25, -0.2) is 15.2 Å². The average Bonchev–Trinajstić information content (AvgIpc) is 3.19. The highest BCUT2D eigenvalue weighted by molar-refractivity contribution is 6.02. The Labute approximate surface area is 207 Å². The Kier molecular flexibility index (Phi) is 5.53. The molecule has 0 saturated carbocycles. The minimum absolute atomic E-state index is 0.0740. The van der Waals surface area contributed by atoms with Gasteiger partial charge in [-0.3, -0.25) is 9.59 Å². The van der Waals surface area contributed by atoms with Crippen molar-refractivity contribution in [1.82, 2.24) is 15.0 Å². The van der Waals surface area contributed by atoms with Gasteiger partial charge in [-0.1, -0.05) is 25.1 Å². The van der Waals surface area contributed by atoms with Crippen LogP contribution in [0, 0.1) is 0 Å². The molecule has 186 valence electrons. The van der Waals surface area contributed by atoms with E-state index in [0.29, 0.717) is 21.4 Å². The Morgan fingerprint density at radius 3 is 2.75 bits per heavy atom. The number of fused-ring (bicyclic) bond motifs is 5. The Bertz CT molecular complexity index is 1520. The van der Waals surface area contributed by atoms with Gasteiger partial charge in [0.05, 0.1) is 56.4 Å². The number of aromatic nitrogens is 2. The van der Waals surface area contributed by atoms with E-state index in [0.717, 1.165) is 16.5 Å². The molecule has 2 aromatic heterocycles. The van der Waals surface area contributed by atoms with Crippen LogP contribution in [0.2, 0.25) is 0 Å². The zero-order valence-electron chi connectivity index (χ0n) is 20.7. The second kappa shape index (κ2) is 8.35. The van der Waals surface area contributed by atoms with Crippen molar-refractivity contribution in [2.75, 3.05) is 27.7 Å². The molecule has 0 aliphatic carbocycles. The summed E-state index contributed by atoms with van der Waals surface area (Å²) in [5.41, 5.74) is 4.19. The number of likely N-dealkylation sites (N-methyl/N-ethyl adjacent to an activating group) is 1. The number of ether oxygens (including phenoxy) is 1. The van der Waals surface area contributed by atoms with Crippen molar-refractivity contribution in [2.45, 2.75) is 32.1 Å². The third-order valence-electron chi connectivity index (χ3n) is 6.64. The molecule has 36 heavy (non-hydrogen) atoms. The summed E-state index contributed by atoms with van der Waals surface area (Å²) >= 11 is 0. The van der Waals surface area contributed by atoms with E-state index in [9.17, 15) is 19.5 Å². The molecule has 4 heterocycles. The highest BCUT2D eigenvalue weighted by atomic mass is 16.6. The monoisotopic (exact) mass is 490 g/mol. The molecule has 2 aliphatic rings. The minimum atomic E-state index is -1.89. The number of benzene rings is 1. The number of quaternary nitrogens is 1. The van der Waals surface area contributed by atoms with Crippen LogP contribution in [0.1, 0.15) is 35.6 Å². The maximum Gasteiger partial charge on any atom is 0.343 e. The van der Waals surface area contributed by atoms with Crippen LogP contribution in [0.25, 0.3) is 22.3 Å². The van der Waals surface area contributed by atoms with E-state index in [1.165, 1.54) is 0 Å². The van der Waals surface area contributed by atoms with Gasteiger partial charge in [-0.05, 0) is 18.6 Å². The van der Waals surface area contributed by atoms with Crippen molar-refractivity contribution in [2.24, 2.45) is 5.10 Å². The predicted octanol–water partition coefficient (Wildman–Crippen LogP) is 1.24. The number of nitrogens with zero attached hydrogens (tertiary/aromatic N) is 4. The molecule has 1 amide bonds. The highest BCUT2D eigenvalue weighted by Crippen LogP contribution is 2.39. The topological polar surface area (TPSA) is 123 Å². The number of carbonyl (C=O) groups excluding carboxylic acids is 2. The lowest BCUT2D eigenvalue weighted by molar-refractivity contribution is -0.862. The van der Waals surface area contributed by atoms with E-state index < -0.39 is 11.6 Å². The quantitative estimate of drug-likeness (QED) is 0.188. The van der Waals surface area contributed by atoms with E-state index >= 15 is 0 Å². The summed E-state index contributed by atoms with van der Waals surface area (Å²) in [6, 6.07) is 9.21. The van der Waals surface area contributed by atoms with Crippen LogP contribution in [0.4, 0.5) is 0 Å². The number of pyridine rings is 2. The molecule has 3 aromatic rings. The van der Waals surface area contributed by atoms with Gasteiger partial charge < -0.3 is 18.9 Å². The summed E-state index contributed by atoms with van der Waals surface area (Å²) in [6.07, 6.45) is 1.66. The van der Waals surface area contributed by atoms with E-state index in [1.807, 2.05) is 45.4 Å². The normalized spacial score (nSPS) is 18.6. The lowest BCUT2D eigenvalue weighted by Gasteiger charge is -2.31. The Balaban J connectivity index is 1.65. The Morgan fingerprint density at radius 2 is 2.03 bits per heavy atom. The first kappa shape index (κ1) is 23.8. The SMILES string of the molecule is CC[C@@]1(O)C(=O)OCc2c1cc1n(c2=O)Cc2c-1nc1ccccc1c2/C=N/NC(=O)C[N+](C)(C)C. The molecule has 0 fully saturated rings. The van der Waals surface area contributed by atoms with Crippen molar-refractivity contribution in [3.8, 4) is 11.4 Å². The molecule has 0 saturated heterocycles. The van der Waals surface area contributed by atoms with Gasteiger partial charge in [0.15, 0.2) is 12.1 Å². The third kappa shape index (κ3) is 3.78.